The molecule has 0 radical (unpaired) electrons. The fourth-order valence-electron chi connectivity index (χ4n) is 2.94. The Morgan fingerprint density at radius 2 is 1.39 bits per heavy atom. The summed E-state index contributed by atoms with van der Waals surface area (Å²) in [6, 6.07) is 23.0. The highest BCUT2D eigenvalue weighted by Gasteiger charge is 2.40. The van der Waals surface area contributed by atoms with Gasteiger partial charge in [-0.05, 0) is 42.0 Å². The van der Waals surface area contributed by atoms with E-state index in [-0.39, 0.29) is 6.42 Å². The third-order valence-electron chi connectivity index (χ3n) is 4.49. The average Bonchev–Trinajstić information content (AvgIpc) is 2.80. The van der Waals surface area contributed by atoms with Crippen molar-refractivity contribution in [2.75, 3.05) is 12.4 Å². The summed E-state index contributed by atoms with van der Waals surface area (Å²) in [7, 11) is -2.58. The zero-order chi connectivity index (χ0) is 23.7. The lowest BCUT2D eigenvalue weighted by atomic mass is 10.1. The van der Waals surface area contributed by atoms with Crippen LogP contribution >= 0.6 is 7.60 Å². The molecule has 10 heteroatoms. The third-order valence-corrected chi connectivity index (χ3v) is 6.50. The standard InChI is InChI=1S/C23H24N3O6P/c1-24-22(27)26-21(16-17-12-14-18(15-13-17)25-23(28)29)33(30,31-19-8-4-2-5-9-19)32-20-10-6-3-7-11-20/h2-15,21,25H,16H2,1H3,(H,28,29)(H2,24,26,27). The highest BCUT2D eigenvalue weighted by Crippen LogP contribution is 2.52. The molecule has 0 spiro atoms. The lowest BCUT2D eigenvalue weighted by Crippen LogP contribution is -2.43. The molecule has 0 aliphatic heterocycles. The van der Waals surface area contributed by atoms with Gasteiger partial charge in [0.05, 0.1) is 0 Å². The molecule has 3 amide bonds. The van der Waals surface area contributed by atoms with E-state index < -0.39 is 25.5 Å². The van der Waals surface area contributed by atoms with Crippen molar-refractivity contribution >= 4 is 25.4 Å². The quantitative estimate of drug-likeness (QED) is 0.330. The van der Waals surface area contributed by atoms with E-state index in [1.54, 1.807) is 84.9 Å². The fraction of sp³-hybridized carbons (Fsp3) is 0.130. The molecule has 172 valence electrons. The molecule has 0 heterocycles. The predicted octanol–water partition coefficient (Wildman–Crippen LogP) is 4.93. The second-order valence-corrected chi connectivity index (χ2v) is 8.99. The molecule has 3 aromatic rings. The Bertz CT molecular complexity index is 1060. The van der Waals surface area contributed by atoms with Gasteiger partial charge in [0.25, 0.3) is 0 Å². The maximum absolute atomic E-state index is 14.1. The number of benzene rings is 3. The number of carbonyl (C=O) groups excluding carboxylic acids is 1. The SMILES string of the molecule is CNC(=O)NC(Cc1ccc(NC(=O)O)cc1)P(=O)(Oc1ccccc1)Oc1ccccc1. The van der Waals surface area contributed by atoms with Gasteiger partial charge in [-0.15, -0.1) is 0 Å². The molecule has 0 fully saturated rings. The van der Waals surface area contributed by atoms with E-state index in [1.807, 2.05) is 0 Å². The first-order valence-corrected chi connectivity index (χ1v) is 11.7. The Kier molecular flexibility index (Phi) is 7.94. The number of carboxylic acid groups (broad SMARTS) is 1. The number of para-hydroxylation sites is 2. The maximum atomic E-state index is 14.1. The van der Waals surface area contributed by atoms with E-state index in [0.29, 0.717) is 22.7 Å². The maximum Gasteiger partial charge on any atom is 0.453 e. The van der Waals surface area contributed by atoms with Crippen molar-refractivity contribution in [3.05, 3.63) is 90.5 Å². The van der Waals surface area contributed by atoms with Crippen molar-refractivity contribution in [3.8, 4) is 11.5 Å². The van der Waals surface area contributed by atoms with Gasteiger partial charge in [-0.3, -0.25) is 5.32 Å². The number of amides is 3. The number of hydrogen-bond donors (Lipinski definition) is 4. The molecule has 3 rings (SSSR count). The van der Waals surface area contributed by atoms with E-state index >= 15 is 0 Å². The Morgan fingerprint density at radius 1 is 0.879 bits per heavy atom. The second kappa shape index (κ2) is 11.1. The lowest BCUT2D eigenvalue weighted by Gasteiger charge is -2.28. The van der Waals surface area contributed by atoms with Crippen LogP contribution < -0.4 is 25.0 Å². The minimum Gasteiger partial charge on any atom is -0.465 e. The van der Waals surface area contributed by atoms with E-state index in [0.717, 1.165) is 0 Å². The zero-order valence-corrected chi connectivity index (χ0v) is 18.7. The van der Waals surface area contributed by atoms with Crippen LogP contribution in [0.25, 0.3) is 0 Å². The average molecular weight is 469 g/mol. The number of carbonyl (C=O) groups is 2. The van der Waals surface area contributed by atoms with Gasteiger partial charge in [-0.1, -0.05) is 48.5 Å². The molecule has 3 aromatic carbocycles. The summed E-state index contributed by atoms with van der Waals surface area (Å²) in [4.78, 5) is 23.0. The molecule has 0 aliphatic carbocycles. The number of anilines is 1. The smallest absolute Gasteiger partial charge is 0.453 e. The number of rotatable bonds is 9. The number of urea groups is 1. The van der Waals surface area contributed by atoms with E-state index in [2.05, 4.69) is 16.0 Å². The van der Waals surface area contributed by atoms with Gasteiger partial charge in [0.15, 0.2) is 5.78 Å². The van der Waals surface area contributed by atoms with Gasteiger partial charge in [0.1, 0.15) is 11.5 Å². The van der Waals surface area contributed by atoms with Crippen LogP contribution in [0.15, 0.2) is 84.9 Å². The van der Waals surface area contributed by atoms with E-state index in [4.69, 9.17) is 14.2 Å². The molecular formula is C23H24N3O6P. The van der Waals surface area contributed by atoms with Crippen LogP contribution in [0.3, 0.4) is 0 Å². The molecule has 0 saturated carbocycles. The summed E-state index contributed by atoms with van der Waals surface area (Å²) in [5.74, 6) is -0.418. The molecule has 33 heavy (non-hydrogen) atoms. The van der Waals surface area contributed by atoms with Crippen LogP contribution in [0.4, 0.5) is 15.3 Å². The summed E-state index contributed by atoms with van der Waals surface area (Å²) >= 11 is 0. The van der Waals surface area contributed by atoms with Crippen LogP contribution in [-0.2, 0) is 11.0 Å². The van der Waals surface area contributed by atoms with Crippen molar-refractivity contribution in [1.29, 1.82) is 0 Å². The van der Waals surface area contributed by atoms with Gasteiger partial charge in [0.2, 0.25) is 0 Å². The molecule has 0 saturated heterocycles. The van der Waals surface area contributed by atoms with Crippen molar-refractivity contribution in [2.45, 2.75) is 12.2 Å². The highest BCUT2D eigenvalue weighted by atomic mass is 31.2. The summed E-state index contributed by atoms with van der Waals surface area (Å²) < 4.78 is 25.9. The minimum absolute atomic E-state index is 0.0950. The molecule has 0 aromatic heterocycles. The first-order valence-electron chi connectivity index (χ1n) is 10.0. The monoisotopic (exact) mass is 469 g/mol. The van der Waals surface area contributed by atoms with Crippen molar-refractivity contribution < 1.29 is 28.3 Å². The van der Waals surface area contributed by atoms with Gasteiger partial charge in [0, 0.05) is 19.2 Å². The van der Waals surface area contributed by atoms with Gasteiger partial charge in [-0.2, -0.15) is 0 Å². The normalized spacial score (nSPS) is 11.7. The Hall–Kier alpha value is -3.97. The fourth-order valence-corrected chi connectivity index (χ4v) is 4.77. The topological polar surface area (TPSA) is 126 Å². The predicted molar refractivity (Wildman–Crippen MR) is 125 cm³/mol. The number of hydrogen-bond acceptors (Lipinski definition) is 5. The molecule has 1 atom stereocenters. The van der Waals surface area contributed by atoms with Crippen LogP contribution in [0.1, 0.15) is 5.56 Å². The third kappa shape index (κ3) is 7.02. The summed E-state index contributed by atoms with van der Waals surface area (Å²) in [5.41, 5.74) is 1.06. The molecule has 9 nitrogen and oxygen atoms in total. The molecule has 0 aliphatic rings. The van der Waals surface area contributed by atoms with Crippen LogP contribution in [0.2, 0.25) is 0 Å². The van der Waals surface area contributed by atoms with E-state index in [9.17, 15) is 14.2 Å². The van der Waals surface area contributed by atoms with E-state index in [1.165, 1.54) is 7.05 Å². The lowest BCUT2D eigenvalue weighted by molar-refractivity contribution is 0.209. The Balaban J connectivity index is 1.94. The summed E-state index contributed by atoms with van der Waals surface area (Å²) in [6.45, 7) is 0. The molecule has 0 bridgehead atoms. The summed E-state index contributed by atoms with van der Waals surface area (Å²) in [5, 5.41) is 16.2. The zero-order valence-electron chi connectivity index (χ0n) is 17.8. The summed E-state index contributed by atoms with van der Waals surface area (Å²) in [6.07, 6.45) is -1.09. The first-order chi connectivity index (χ1) is 15.9. The van der Waals surface area contributed by atoms with Crippen LogP contribution in [-0.4, -0.2) is 30.1 Å². The van der Waals surface area contributed by atoms with Crippen molar-refractivity contribution in [2.24, 2.45) is 0 Å². The van der Waals surface area contributed by atoms with Crippen molar-refractivity contribution in [1.82, 2.24) is 10.6 Å². The largest absolute Gasteiger partial charge is 0.465 e. The second-order valence-electron chi connectivity index (χ2n) is 6.92. The highest BCUT2D eigenvalue weighted by molar-refractivity contribution is 7.55. The molecule has 4 N–H and O–H groups in total. The first kappa shape index (κ1) is 23.7. The van der Waals surface area contributed by atoms with Crippen LogP contribution in [0.5, 0.6) is 11.5 Å². The van der Waals surface area contributed by atoms with Gasteiger partial charge in [-0.25, -0.2) is 14.2 Å². The van der Waals surface area contributed by atoms with Crippen molar-refractivity contribution in [3.63, 3.8) is 0 Å². The number of nitrogens with one attached hydrogen (secondary N) is 3. The van der Waals surface area contributed by atoms with Gasteiger partial charge < -0.3 is 24.8 Å². The van der Waals surface area contributed by atoms with Crippen LogP contribution in [0, 0.1) is 0 Å². The molecule has 1 unspecified atom stereocenters. The Labute approximate surface area is 191 Å². The molecular weight excluding hydrogens is 445 g/mol. The Morgan fingerprint density at radius 3 is 1.85 bits per heavy atom. The van der Waals surface area contributed by atoms with Gasteiger partial charge >= 0.3 is 19.7 Å². The minimum atomic E-state index is -4.02.